The maximum absolute atomic E-state index is 12.0. The van der Waals surface area contributed by atoms with Gasteiger partial charge in [0, 0.05) is 11.0 Å². The molecule has 0 aromatic heterocycles. The van der Waals surface area contributed by atoms with E-state index >= 15 is 0 Å². The molecule has 0 saturated heterocycles. The Morgan fingerprint density at radius 2 is 1.96 bits per heavy atom. The fraction of sp³-hybridized carbons (Fsp3) is 0.278. The van der Waals surface area contributed by atoms with E-state index in [4.69, 9.17) is 21.1 Å². The number of amides is 2. The number of rotatable bonds is 7. The fourth-order valence-corrected chi connectivity index (χ4v) is 2.86. The molecule has 0 fully saturated rings. The molecule has 0 heterocycles. The highest BCUT2D eigenvalue weighted by Crippen LogP contribution is 2.27. The van der Waals surface area contributed by atoms with Gasteiger partial charge in [0.1, 0.15) is 11.5 Å². The quantitative estimate of drug-likeness (QED) is 0.611. The number of methoxy groups -OCH3 is 1. The summed E-state index contributed by atoms with van der Waals surface area (Å²) in [5, 5.41) is 6.12. The van der Waals surface area contributed by atoms with Crippen molar-refractivity contribution in [1.82, 2.24) is 5.32 Å². The third-order valence-corrected chi connectivity index (χ3v) is 4.15. The Labute approximate surface area is 160 Å². The Morgan fingerprint density at radius 3 is 2.68 bits per heavy atom. The zero-order chi connectivity index (χ0) is 18.2. The first kappa shape index (κ1) is 19.4. The topological polar surface area (TPSA) is 59.6 Å². The predicted molar refractivity (Wildman–Crippen MR) is 104 cm³/mol. The predicted octanol–water partition coefficient (Wildman–Crippen LogP) is 5.01. The van der Waals surface area contributed by atoms with Gasteiger partial charge < -0.3 is 20.1 Å². The monoisotopic (exact) mass is 426 g/mol. The average molecular weight is 428 g/mol. The summed E-state index contributed by atoms with van der Waals surface area (Å²) in [5.74, 6) is 1.24. The molecule has 0 aliphatic carbocycles. The van der Waals surface area contributed by atoms with Crippen molar-refractivity contribution in [2.24, 2.45) is 0 Å². The van der Waals surface area contributed by atoms with Crippen molar-refractivity contribution in [2.45, 2.75) is 13.3 Å². The lowest BCUT2D eigenvalue weighted by Gasteiger charge is -2.12. The molecule has 2 rings (SSSR count). The lowest BCUT2D eigenvalue weighted by Crippen LogP contribution is -2.30. The van der Waals surface area contributed by atoms with E-state index in [0.29, 0.717) is 41.8 Å². The molecule has 0 spiro atoms. The first-order chi connectivity index (χ1) is 12.0. The number of carbonyl (C=O) groups is 1. The second-order valence-corrected chi connectivity index (χ2v) is 6.68. The van der Waals surface area contributed by atoms with Crippen LogP contribution in [-0.4, -0.2) is 26.3 Å². The Morgan fingerprint density at radius 1 is 1.20 bits per heavy atom. The third-order valence-electron chi connectivity index (χ3n) is 3.36. The number of nitrogens with one attached hydrogen (secondary N) is 2. The maximum Gasteiger partial charge on any atom is 0.319 e. The fourth-order valence-electron chi connectivity index (χ4n) is 2.13. The van der Waals surface area contributed by atoms with Crippen molar-refractivity contribution >= 4 is 39.2 Å². The summed E-state index contributed by atoms with van der Waals surface area (Å²) >= 11 is 9.42. The van der Waals surface area contributed by atoms with Gasteiger partial charge >= 0.3 is 6.03 Å². The Bertz CT molecular complexity index is 740. The largest absolute Gasteiger partial charge is 0.495 e. The summed E-state index contributed by atoms with van der Waals surface area (Å²) < 4.78 is 11.7. The van der Waals surface area contributed by atoms with Crippen LogP contribution in [0.1, 0.15) is 12.0 Å². The summed E-state index contributed by atoms with van der Waals surface area (Å²) in [5.41, 5.74) is 1.67. The normalized spacial score (nSPS) is 10.2. The van der Waals surface area contributed by atoms with E-state index in [1.54, 1.807) is 19.2 Å². The zero-order valence-electron chi connectivity index (χ0n) is 14.1. The summed E-state index contributed by atoms with van der Waals surface area (Å²) in [4.78, 5) is 12.0. The van der Waals surface area contributed by atoms with Crippen LogP contribution in [0.2, 0.25) is 5.02 Å². The van der Waals surface area contributed by atoms with E-state index in [9.17, 15) is 4.79 Å². The number of anilines is 1. The van der Waals surface area contributed by atoms with E-state index in [2.05, 4.69) is 26.6 Å². The second-order valence-electron chi connectivity index (χ2n) is 5.36. The molecule has 134 valence electrons. The molecule has 2 N–H and O–H groups in total. The number of ether oxygens (including phenoxy) is 2. The maximum atomic E-state index is 12.0. The van der Waals surface area contributed by atoms with Crippen LogP contribution in [0.5, 0.6) is 11.5 Å². The molecule has 2 aromatic carbocycles. The van der Waals surface area contributed by atoms with Crippen LogP contribution in [0.25, 0.3) is 0 Å². The number of carbonyl (C=O) groups excluding carboxylic acids is 1. The summed E-state index contributed by atoms with van der Waals surface area (Å²) in [6.07, 6.45) is 0.658. The van der Waals surface area contributed by atoms with E-state index in [1.165, 1.54) is 0 Å². The van der Waals surface area contributed by atoms with E-state index in [0.717, 1.165) is 10.0 Å². The highest BCUT2D eigenvalue weighted by Gasteiger charge is 2.07. The van der Waals surface area contributed by atoms with Gasteiger partial charge in [0.05, 0.1) is 24.4 Å². The zero-order valence-corrected chi connectivity index (χ0v) is 16.4. The van der Waals surface area contributed by atoms with Crippen molar-refractivity contribution in [3.63, 3.8) is 0 Å². The molecule has 0 radical (unpaired) electrons. The van der Waals surface area contributed by atoms with Gasteiger partial charge in [-0.2, -0.15) is 0 Å². The van der Waals surface area contributed by atoms with Crippen LogP contribution in [-0.2, 0) is 0 Å². The van der Waals surface area contributed by atoms with Gasteiger partial charge in [0.2, 0.25) is 0 Å². The summed E-state index contributed by atoms with van der Waals surface area (Å²) in [6.45, 7) is 2.89. The minimum Gasteiger partial charge on any atom is -0.495 e. The highest BCUT2D eigenvalue weighted by molar-refractivity contribution is 9.10. The van der Waals surface area contributed by atoms with Crippen LogP contribution >= 0.6 is 27.5 Å². The molecule has 0 bridgehead atoms. The van der Waals surface area contributed by atoms with Gasteiger partial charge in [0.25, 0.3) is 0 Å². The Balaban J connectivity index is 1.73. The SMILES string of the molecule is COc1ccc(C)cc1NC(=O)NCCCOc1ccc(Br)cc1Cl. The van der Waals surface area contributed by atoms with Gasteiger partial charge in [-0.25, -0.2) is 4.79 Å². The van der Waals surface area contributed by atoms with Crippen molar-refractivity contribution in [3.05, 3.63) is 51.5 Å². The molecule has 2 amide bonds. The van der Waals surface area contributed by atoms with Gasteiger partial charge in [-0.3, -0.25) is 0 Å². The molecular weight excluding hydrogens is 408 g/mol. The molecule has 0 saturated carbocycles. The van der Waals surface area contributed by atoms with Crippen LogP contribution in [0.4, 0.5) is 10.5 Å². The molecule has 0 aliphatic rings. The van der Waals surface area contributed by atoms with Gasteiger partial charge in [-0.1, -0.05) is 33.6 Å². The summed E-state index contributed by atoms with van der Waals surface area (Å²) in [7, 11) is 1.57. The first-order valence-electron chi connectivity index (χ1n) is 7.77. The lowest BCUT2D eigenvalue weighted by molar-refractivity contribution is 0.250. The third kappa shape index (κ3) is 6.14. The number of halogens is 2. The van der Waals surface area contributed by atoms with Crippen LogP contribution in [0, 0.1) is 6.92 Å². The molecule has 7 heteroatoms. The highest BCUT2D eigenvalue weighted by atomic mass is 79.9. The average Bonchev–Trinajstić information content (AvgIpc) is 2.56. The van der Waals surface area contributed by atoms with E-state index in [1.807, 2.05) is 31.2 Å². The van der Waals surface area contributed by atoms with Gasteiger partial charge in [-0.05, 0) is 49.2 Å². The number of aryl methyl sites for hydroxylation is 1. The molecule has 5 nitrogen and oxygen atoms in total. The van der Waals surface area contributed by atoms with E-state index < -0.39 is 0 Å². The van der Waals surface area contributed by atoms with Crippen molar-refractivity contribution in [3.8, 4) is 11.5 Å². The number of hydrogen-bond acceptors (Lipinski definition) is 3. The second kappa shape index (κ2) is 9.53. The van der Waals surface area contributed by atoms with E-state index in [-0.39, 0.29) is 6.03 Å². The number of hydrogen-bond donors (Lipinski definition) is 2. The van der Waals surface area contributed by atoms with Gasteiger partial charge in [0.15, 0.2) is 0 Å². The van der Waals surface area contributed by atoms with Crippen molar-refractivity contribution in [2.75, 3.05) is 25.6 Å². The van der Waals surface area contributed by atoms with Crippen molar-refractivity contribution in [1.29, 1.82) is 0 Å². The Hall–Kier alpha value is -1.92. The smallest absolute Gasteiger partial charge is 0.319 e. The number of benzene rings is 2. The number of urea groups is 1. The minimum absolute atomic E-state index is 0.287. The lowest BCUT2D eigenvalue weighted by atomic mass is 10.2. The van der Waals surface area contributed by atoms with Crippen LogP contribution in [0.15, 0.2) is 40.9 Å². The molecule has 2 aromatic rings. The molecule has 25 heavy (non-hydrogen) atoms. The minimum atomic E-state index is -0.287. The standard InChI is InChI=1S/C18H20BrClN2O3/c1-12-4-6-17(24-2)15(10-12)22-18(23)21-8-3-9-25-16-7-5-13(19)11-14(16)20/h4-7,10-11H,3,8-9H2,1-2H3,(H2,21,22,23). The van der Waals surface area contributed by atoms with Crippen LogP contribution < -0.4 is 20.1 Å². The molecular formula is C18H20BrClN2O3. The van der Waals surface area contributed by atoms with Gasteiger partial charge in [-0.15, -0.1) is 0 Å². The molecule has 0 unspecified atom stereocenters. The molecule has 0 atom stereocenters. The Kier molecular flexibility index (Phi) is 7.40. The van der Waals surface area contributed by atoms with Crippen LogP contribution in [0.3, 0.4) is 0 Å². The van der Waals surface area contributed by atoms with Crippen molar-refractivity contribution < 1.29 is 14.3 Å². The molecule has 0 aliphatic heterocycles. The first-order valence-corrected chi connectivity index (χ1v) is 8.94. The summed E-state index contributed by atoms with van der Waals surface area (Å²) in [6, 6.07) is 10.8.